The zero-order chi connectivity index (χ0) is 8.48. The lowest BCUT2D eigenvalue weighted by atomic mass is 10.3. The first-order valence-electron chi connectivity index (χ1n) is 3.15. The third-order valence-electron chi connectivity index (χ3n) is 1.32. The molecule has 0 radical (unpaired) electrons. The van der Waals surface area contributed by atoms with Crippen LogP contribution in [0.5, 0.6) is 0 Å². The lowest BCUT2D eigenvalue weighted by Gasteiger charge is -2.30. The van der Waals surface area contributed by atoms with Crippen LogP contribution in [0, 0.1) is 0 Å². The molecule has 2 nitrogen and oxygen atoms in total. The molecule has 0 spiro atoms. The fraction of sp³-hybridized carbons (Fsp3) is 1.00. The van der Waals surface area contributed by atoms with Crippen LogP contribution in [0.1, 0.15) is 12.8 Å². The van der Waals surface area contributed by atoms with Gasteiger partial charge in [-0.15, -0.1) is 0 Å². The van der Waals surface area contributed by atoms with Gasteiger partial charge in [0.2, 0.25) is 0 Å². The molecule has 6 heteroatoms. The molecule has 0 aromatic carbocycles. The fourth-order valence-electron chi connectivity index (χ4n) is 0.845. The minimum atomic E-state index is -4.72. The van der Waals surface area contributed by atoms with Gasteiger partial charge in [-0.3, -0.25) is 4.84 Å². The summed E-state index contributed by atoms with van der Waals surface area (Å²) in [6, 6.07) is 0. The van der Waals surface area contributed by atoms with Crippen molar-refractivity contribution in [1.82, 2.24) is 5.06 Å². The van der Waals surface area contributed by atoms with Crippen molar-refractivity contribution < 1.29 is 22.4 Å². The van der Waals surface area contributed by atoms with Crippen LogP contribution in [-0.2, 0) is 4.84 Å². The predicted octanol–water partition coefficient (Wildman–Crippen LogP) is 1.83. The number of hydroxylamine groups is 2. The van der Waals surface area contributed by atoms with Gasteiger partial charge in [-0.1, -0.05) is 5.06 Å². The van der Waals surface area contributed by atoms with Gasteiger partial charge >= 0.3 is 6.30 Å². The Hall–Kier alpha value is -0.360. The van der Waals surface area contributed by atoms with Crippen LogP contribution in [0.4, 0.5) is 17.6 Å². The van der Waals surface area contributed by atoms with Crippen molar-refractivity contribution in [1.29, 1.82) is 0 Å². The van der Waals surface area contributed by atoms with E-state index in [0.717, 1.165) is 0 Å². The van der Waals surface area contributed by atoms with E-state index < -0.39 is 17.7 Å². The Morgan fingerprint density at radius 1 is 1.36 bits per heavy atom. The Balaban J connectivity index is 2.55. The molecule has 0 saturated carbocycles. The number of hydrogen-bond donors (Lipinski definition) is 0. The molecule has 0 bridgehead atoms. The van der Waals surface area contributed by atoms with Gasteiger partial charge in [0.05, 0.1) is 6.61 Å². The Kier molecular flexibility index (Phi) is 2.34. The van der Waals surface area contributed by atoms with Gasteiger partial charge in [0.1, 0.15) is 0 Å². The molecular formula is C5H7F4NO. The van der Waals surface area contributed by atoms with Crippen molar-refractivity contribution in [2.75, 3.05) is 6.61 Å². The normalized spacial score (nSPS) is 28.9. The van der Waals surface area contributed by atoms with Crippen molar-refractivity contribution in [3.8, 4) is 0 Å². The van der Waals surface area contributed by atoms with Gasteiger partial charge in [0.15, 0.2) is 6.30 Å². The second-order valence-electron chi connectivity index (χ2n) is 2.20. The highest BCUT2D eigenvalue weighted by Crippen LogP contribution is 2.29. The van der Waals surface area contributed by atoms with E-state index in [1.54, 1.807) is 0 Å². The van der Waals surface area contributed by atoms with Crippen LogP contribution >= 0.6 is 0 Å². The highest BCUT2D eigenvalue weighted by Gasteiger charge is 2.45. The monoisotopic (exact) mass is 173 g/mol. The van der Waals surface area contributed by atoms with E-state index >= 15 is 0 Å². The Morgan fingerprint density at radius 3 is 2.36 bits per heavy atom. The summed E-state index contributed by atoms with van der Waals surface area (Å²) >= 11 is 0. The Labute approximate surface area is 60.7 Å². The van der Waals surface area contributed by atoms with Gasteiger partial charge in [0.25, 0.3) is 0 Å². The lowest BCUT2D eigenvalue weighted by Crippen LogP contribution is -2.46. The number of halogens is 4. The van der Waals surface area contributed by atoms with E-state index in [-0.39, 0.29) is 13.0 Å². The molecule has 1 saturated heterocycles. The lowest BCUT2D eigenvalue weighted by molar-refractivity contribution is -0.412. The van der Waals surface area contributed by atoms with Crippen LogP contribution in [0.15, 0.2) is 0 Å². The van der Waals surface area contributed by atoms with Crippen LogP contribution in [0.3, 0.4) is 0 Å². The van der Waals surface area contributed by atoms with Crippen molar-refractivity contribution in [3.63, 3.8) is 0 Å². The molecule has 1 unspecified atom stereocenters. The average Bonchev–Trinajstić information content (AvgIpc) is 1.86. The topological polar surface area (TPSA) is 12.5 Å². The van der Waals surface area contributed by atoms with Crippen molar-refractivity contribution in [2.45, 2.75) is 25.4 Å². The molecule has 11 heavy (non-hydrogen) atoms. The summed E-state index contributed by atoms with van der Waals surface area (Å²) in [7, 11) is 0. The maximum Gasteiger partial charge on any atom is 0.485 e. The Bertz CT molecular complexity index is 137. The number of nitrogens with zero attached hydrogens (tertiary/aromatic N) is 1. The summed E-state index contributed by atoms with van der Waals surface area (Å²) in [5.41, 5.74) is 0. The van der Waals surface area contributed by atoms with E-state index in [2.05, 4.69) is 4.84 Å². The zero-order valence-corrected chi connectivity index (χ0v) is 5.57. The van der Waals surface area contributed by atoms with Crippen molar-refractivity contribution in [2.24, 2.45) is 0 Å². The minimum absolute atomic E-state index is 0.0695. The van der Waals surface area contributed by atoms with Crippen LogP contribution < -0.4 is 0 Å². The van der Waals surface area contributed by atoms with Crippen molar-refractivity contribution >= 4 is 0 Å². The van der Waals surface area contributed by atoms with Gasteiger partial charge in [0, 0.05) is 0 Å². The first kappa shape index (κ1) is 8.73. The summed E-state index contributed by atoms with van der Waals surface area (Å²) in [4.78, 5) is 4.09. The smallest absolute Gasteiger partial charge is 0.289 e. The van der Waals surface area contributed by atoms with Gasteiger partial charge in [-0.2, -0.15) is 13.2 Å². The van der Waals surface area contributed by atoms with Crippen LogP contribution in [0.2, 0.25) is 0 Å². The van der Waals surface area contributed by atoms with Crippen LogP contribution in [-0.4, -0.2) is 24.3 Å². The summed E-state index contributed by atoms with van der Waals surface area (Å²) in [6.45, 7) is -0.0695. The fourth-order valence-corrected chi connectivity index (χ4v) is 0.845. The quantitative estimate of drug-likeness (QED) is 0.409. The first-order chi connectivity index (χ1) is 5.02. The molecule has 1 heterocycles. The van der Waals surface area contributed by atoms with E-state index in [4.69, 9.17) is 0 Å². The average molecular weight is 173 g/mol. The maximum atomic E-state index is 12.4. The van der Waals surface area contributed by atoms with E-state index in [0.29, 0.717) is 6.42 Å². The zero-order valence-electron chi connectivity index (χ0n) is 5.57. The van der Waals surface area contributed by atoms with Gasteiger partial charge < -0.3 is 0 Å². The second kappa shape index (κ2) is 2.94. The maximum absolute atomic E-state index is 12.4. The summed E-state index contributed by atoms with van der Waals surface area (Å²) < 4.78 is 47.7. The largest absolute Gasteiger partial charge is 0.485 e. The first-order valence-corrected chi connectivity index (χ1v) is 3.15. The molecule has 1 aliphatic heterocycles. The van der Waals surface area contributed by atoms with Crippen molar-refractivity contribution in [3.05, 3.63) is 0 Å². The highest BCUT2D eigenvalue weighted by atomic mass is 19.4. The van der Waals surface area contributed by atoms with E-state index in [1.165, 1.54) is 0 Å². The second-order valence-corrected chi connectivity index (χ2v) is 2.20. The van der Waals surface area contributed by atoms with E-state index in [1.807, 2.05) is 0 Å². The molecule has 0 aromatic rings. The summed E-state index contributed by atoms with van der Waals surface area (Å²) in [5, 5.41) is -0.545. The molecule has 0 N–H and O–H groups in total. The van der Waals surface area contributed by atoms with Crippen LogP contribution in [0.25, 0.3) is 0 Å². The number of rotatable bonds is 0. The van der Waals surface area contributed by atoms with E-state index in [9.17, 15) is 17.6 Å². The molecule has 1 fully saturated rings. The molecule has 1 atom stereocenters. The third-order valence-corrected chi connectivity index (χ3v) is 1.32. The molecule has 66 valence electrons. The summed E-state index contributed by atoms with van der Waals surface area (Å²) in [5.74, 6) is 0. The SMILES string of the molecule is FC1CCCON1C(F)(F)F. The molecule has 1 aliphatic rings. The highest BCUT2D eigenvalue weighted by molar-refractivity contribution is 4.60. The molecule has 1 rings (SSSR count). The Morgan fingerprint density at radius 2 is 2.00 bits per heavy atom. The standard InChI is InChI=1S/C5H7F4NO/c6-4-2-1-3-11-10(4)5(7,8)9/h4H,1-3H2. The molecular weight excluding hydrogens is 166 g/mol. The number of hydrogen-bond acceptors (Lipinski definition) is 2. The van der Waals surface area contributed by atoms with Gasteiger partial charge in [-0.25, -0.2) is 4.39 Å². The predicted molar refractivity (Wildman–Crippen MR) is 28.0 cm³/mol. The molecule has 0 aromatic heterocycles. The summed E-state index contributed by atoms with van der Waals surface area (Å²) in [6.07, 6.45) is -6.57. The molecule has 0 amide bonds. The minimum Gasteiger partial charge on any atom is -0.289 e. The third kappa shape index (κ3) is 2.03. The molecule has 0 aliphatic carbocycles. The number of alkyl halides is 4. The van der Waals surface area contributed by atoms with Gasteiger partial charge in [-0.05, 0) is 12.8 Å².